The molecule has 2 aliphatic heterocycles. The molecule has 1 saturated heterocycles. The van der Waals surface area contributed by atoms with Crippen LogP contribution in [0.2, 0.25) is 0 Å². The van der Waals surface area contributed by atoms with E-state index in [1.807, 2.05) is 24.3 Å². The van der Waals surface area contributed by atoms with Crippen LogP contribution in [0.4, 0.5) is 11.4 Å². The van der Waals surface area contributed by atoms with Crippen LogP contribution in [0.5, 0.6) is 11.5 Å². The molecule has 2 heterocycles. The quantitative estimate of drug-likeness (QED) is 0.676. The summed E-state index contributed by atoms with van der Waals surface area (Å²) in [6.45, 7) is -0.155. The first-order valence-electron chi connectivity index (χ1n) is 9.41. The minimum absolute atomic E-state index is 0.110. The lowest BCUT2D eigenvalue weighted by atomic mass is 10.0. The van der Waals surface area contributed by atoms with E-state index in [1.165, 1.54) is 0 Å². The highest BCUT2D eigenvalue weighted by Gasteiger charge is 2.43. The van der Waals surface area contributed by atoms with E-state index in [0.29, 0.717) is 29.2 Å². The van der Waals surface area contributed by atoms with Gasteiger partial charge in [-0.3, -0.25) is 10.2 Å². The molecule has 0 amide bonds. The van der Waals surface area contributed by atoms with Crippen LogP contribution in [0, 0.1) is 5.41 Å². The minimum atomic E-state index is -0.655. The second-order valence-corrected chi connectivity index (χ2v) is 6.99. The lowest BCUT2D eigenvalue weighted by molar-refractivity contribution is -0.115. The van der Waals surface area contributed by atoms with Gasteiger partial charge in [0.25, 0.3) is 0 Å². The van der Waals surface area contributed by atoms with Crippen molar-refractivity contribution < 1.29 is 19.4 Å². The highest BCUT2D eigenvalue weighted by Crippen LogP contribution is 2.38. The summed E-state index contributed by atoms with van der Waals surface area (Å²) in [5.74, 6) is 1.07. The molecule has 1 atom stereocenters. The molecular weight excluding hydrogens is 370 g/mol. The number of rotatable bonds is 5. The summed E-state index contributed by atoms with van der Waals surface area (Å²) >= 11 is 0. The average Bonchev–Trinajstić information content (AvgIpc) is 3.26. The van der Waals surface area contributed by atoms with Crippen molar-refractivity contribution in [3.8, 4) is 11.5 Å². The highest BCUT2D eigenvalue weighted by molar-refractivity contribution is 6.35. The lowest BCUT2D eigenvalue weighted by Gasteiger charge is -2.25. The Morgan fingerprint density at radius 3 is 2.48 bits per heavy atom. The Kier molecular flexibility index (Phi) is 4.98. The van der Waals surface area contributed by atoms with Crippen molar-refractivity contribution in [1.29, 1.82) is 5.41 Å². The zero-order valence-corrected chi connectivity index (χ0v) is 16.4. The third kappa shape index (κ3) is 3.23. The van der Waals surface area contributed by atoms with E-state index < -0.39 is 6.04 Å². The van der Waals surface area contributed by atoms with Gasteiger partial charge in [-0.05, 0) is 18.1 Å². The number of methoxy groups -OCH3 is 2. The van der Waals surface area contributed by atoms with E-state index in [0.717, 1.165) is 16.9 Å². The van der Waals surface area contributed by atoms with Gasteiger partial charge in [0.2, 0.25) is 0 Å². The van der Waals surface area contributed by atoms with Gasteiger partial charge in [-0.1, -0.05) is 18.2 Å². The number of amidine groups is 1. The first kappa shape index (κ1) is 19.0. The molecule has 0 bridgehead atoms. The van der Waals surface area contributed by atoms with Gasteiger partial charge in [-0.2, -0.15) is 0 Å². The summed E-state index contributed by atoms with van der Waals surface area (Å²) in [5.41, 5.74) is 3.75. The first-order chi connectivity index (χ1) is 14.1. The number of aliphatic hydroxyl groups excluding tert-OH is 1. The zero-order chi connectivity index (χ0) is 20.5. The Balaban J connectivity index is 1.79. The number of carbonyl (C=O) groups is 1. The topological polar surface area (TPSA) is 94.9 Å². The lowest BCUT2D eigenvalue weighted by Crippen LogP contribution is -2.36. The minimum Gasteiger partial charge on any atom is -0.497 e. The average molecular weight is 393 g/mol. The highest BCUT2D eigenvalue weighted by atomic mass is 16.5. The molecule has 0 aliphatic carbocycles. The molecule has 2 aliphatic rings. The Labute approximate surface area is 169 Å². The van der Waals surface area contributed by atoms with Gasteiger partial charge in [0.1, 0.15) is 23.4 Å². The number of anilines is 2. The maximum atomic E-state index is 13.3. The molecule has 0 radical (unpaired) electrons. The van der Waals surface area contributed by atoms with Crippen molar-refractivity contribution in [3.63, 3.8) is 0 Å². The van der Waals surface area contributed by atoms with Crippen LogP contribution in [-0.2, 0) is 11.2 Å². The van der Waals surface area contributed by atoms with Crippen molar-refractivity contribution in [2.24, 2.45) is 0 Å². The number of nitrogens with one attached hydrogen (secondary N) is 2. The van der Waals surface area contributed by atoms with Gasteiger partial charge in [0, 0.05) is 42.6 Å². The van der Waals surface area contributed by atoms with Crippen molar-refractivity contribution >= 4 is 23.0 Å². The summed E-state index contributed by atoms with van der Waals surface area (Å²) in [5, 5.41) is 21.7. The fourth-order valence-electron chi connectivity index (χ4n) is 3.94. The molecule has 0 aromatic heterocycles. The Bertz CT molecular complexity index is 966. The molecule has 1 fully saturated rings. The van der Waals surface area contributed by atoms with E-state index in [-0.39, 0.29) is 24.6 Å². The Hall–Kier alpha value is -3.32. The number of para-hydroxylation sites is 1. The number of ketones is 1. The predicted molar refractivity (Wildman–Crippen MR) is 111 cm³/mol. The van der Waals surface area contributed by atoms with Gasteiger partial charge in [0.05, 0.1) is 25.5 Å². The molecule has 7 nitrogen and oxygen atoms in total. The number of benzene rings is 2. The number of hydrogen-bond acceptors (Lipinski definition) is 6. The number of aliphatic hydroxyl groups is 1. The number of allylic oxidation sites excluding steroid dienone is 1. The molecule has 7 heteroatoms. The first-order valence-corrected chi connectivity index (χ1v) is 9.41. The van der Waals surface area contributed by atoms with Crippen LogP contribution in [0.1, 0.15) is 12.0 Å². The standard InChI is InChI=1S/C22H23N3O4/c1-28-15-10-14(11-16(12-15)29-2)25-19(7-8-26)21(27)20(22(25)23)18-9-13-5-3-4-6-17(13)24-18/h3-6,10-12,19,23-24,26H,7-9H2,1-2H3/t19-/m0/s1. The van der Waals surface area contributed by atoms with E-state index in [4.69, 9.17) is 14.9 Å². The molecular formula is C22H23N3O4. The van der Waals surface area contributed by atoms with Crippen LogP contribution >= 0.6 is 0 Å². The van der Waals surface area contributed by atoms with E-state index >= 15 is 0 Å². The van der Waals surface area contributed by atoms with E-state index in [2.05, 4.69) is 5.32 Å². The molecule has 2 aromatic rings. The fourth-order valence-corrected chi connectivity index (χ4v) is 3.94. The van der Waals surface area contributed by atoms with Gasteiger partial charge in [0.15, 0.2) is 5.78 Å². The second kappa shape index (κ2) is 7.60. The van der Waals surface area contributed by atoms with Crippen LogP contribution in [0.15, 0.2) is 53.7 Å². The largest absolute Gasteiger partial charge is 0.497 e. The van der Waals surface area contributed by atoms with Crippen LogP contribution in [0.25, 0.3) is 0 Å². The number of carbonyl (C=O) groups excluding carboxylic acids is 1. The van der Waals surface area contributed by atoms with Crippen LogP contribution in [-0.4, -0.2) is 43.6 Å². The maximum Gasteiger partial charge on any atom is 0.191 e. The molecule has 3 N–H and O–H groups in total. The number of Topliss-reactive ketones (excluding diaryl/α,β-unsaturated/α-hetero) is 1. The number of fused-ring (bicyclic) bond motifs is 1. The monoisotopic (exact) mass is 393 g/mol. The van der Waals surface area contributed by atoms with Crippen molar-refractivity contribution in [1.82, 2.24) is 0 Å². The summed E-state index contributed by atoms with van der Waals surface area (Å²) in [6.07, 6.45) is 0.797. The number of nitrogens with zero attached hydrogens (tertiary/aromatic N) is 1. The van der Waals surface area contributed by atoms with Crippen molar-refractivity contribution in [2.75, 3.05) is 31.0 Å². The van der Waals surface area contributed by atoms with Crippen LogP contribution < -0.4 is 19.7 Å². The number of ether oxygens (including phenoxy) is 2. The fraction of sp³-hybridized carbons (Fsp3) is 0.273. The zero-order valence-electron chi connectivity index (χ0n) is 16.4. The molecule has 29 heavy (non-hydrogen) atoms. The molecule has 0 unspecified atom stereocenters. The summed E-state index contributed by atoms with van der Waals surface area (Å²) in [7, 11) is 3.11. The summed E-state index contributed by atoms with van der Waals surface area (Å²) in [6, 6.07) is 12.5. The normalized spacial score (nSPS) is 20.7. The van der Waals surface area contributed by atoms with Crippen LogP contribution in [0.3, 0.4) is 0 Å². The predicted octanol–water partition coefficient (Wildman–Crippen LogP) is 2.74. The Morgan fingerprint density at radius 1 is 1.17 bits per heavy atom. The third-order valence-electron chi connectivity index (χ3n) is 5.33. The molecule has 4 rings (SSSR count). The van der Waals surface area contributed by atoms with Gasteiger partial charge < -0.3 is 24.8 Å². The Morgan fingerprint density at radius 2 is 1.86 bits per heavy atom. The number of hydrogen-bond donors (Lipinski definition) is 3. The summed E-state index contributed by atoms with van der Waals surface area (Å²) < 4.78 is 10.7. The smallest absolute Gasteiger partial charge is 0.191 e. The summed E-state index contributed by atoms with van der Waals surface area (Å²) in [4.78, 5) is 14.9. The van der Waals surface area contributed by atoms with Crippen molar-refractivity contribution in [3.05, 3.63) is 59.3 Å². The maximum absolute atomic E-state index is 13.3. The van der Waals surface area contributed by atoms with Gasteiger partial charge >= 0.3 is 0 Å². The third-order valence-corrected chi connectivity index (χ3v) is 5.33. The van der Waals surface area contributed by atoms with E-state index in [1.54, 1.807) is 37.3 Å². The van der Waals surface area contributed by atoms with Crippen molar-refractivity contribution in [2.45, 2.75) is 18.9 Å². The molecule has 0 saturated carbocycles. The molecule has 0 spiro atoms. The SMILES string of the molecule is COc1cc(OC)cc(N2C(=N)C(=C3Cc4ccccc4N3)C(=O)[C@@H]2CCO)c1. The second-order valence-electron chi connectivity index (χ2n) is 6.99. The van der Waals surface area contributed by atoms with Gasteiger partial charge in [-0.25, -0.2) is 0 Å². The van der Waals surface area contributed by atoms with Gasteiger partial charge in [-0.15, -0.1) is 0 Å². The van der Waals surface area contributed by atoms with E-state index in [9.17, 15) is 9.90 Å². The molecule has 150 valence electrons. The molecule has 2 aromatic carbocycles.